The number of halogens is 1. The SMILES string of the molecule is Cl.O=C(NCc1ccccc1OC1CCCC1)C1CCNC1. The first-order chi connectivity index (χ1) is 10.3. The zero-order valence-electron chi connectivity index (χ0n) is 12.8. The number of hydrogen-bond donors (Lipinski definition) is 2. The number of hydrogen-bond acceptors (Lipinski definition) is 3. The van der Waals surface area contributed by atoms with Crippen LogP contribution in [0.3, 0.4) is 0 Å². The topological polar surface area (TPSA) is 50.4 Å². The minimum absolute atomic E-state index is 0. The number of para-hydroxylation sites is 1. The fraction of sp³-hybridized carbons (Fsp3) is 0.588. The van der Waals surface area contributed by atoms with Crippen LogP contribution in [-0.4, -0.2) is 25.1 Å². The molecule has 0 aromatic heterocycles. The number of benzene rings is 1. The van der Waals surface area contributed by atoms with E-state index in [1.165, 1.54) is 12.8 Å². The molecule has 0 spiro atoms. The van der Waals surface area contributed by atoms with E-state index in [4.69, 9.17) is 4.74 Å². The zero-order chi connectivity index (χ0) is 14.5. The molecule has 5 heteroatoms. The Balaban J connectivity index is 0.00000176. The highest BCUT2D eigenvalue weighted by atomic mass is 35.5. The van der Waals surface area contributed by atoms with E-state index in [1.54, 1.807) is 0 Å². The molecule has 0 bridgehead atoms. The third-order valence-electron chi connectivity index (χ3n) is 4.45. The molecule has 2 aliphatic rings. The van der Waals surface area contributed by atoms with Gasteiger partial charge in [-0.3, -0.25) is 4.79 Å². The van der Waals surface area contributed by atoms with Gasteiger partial charge in [0.25, 0.3) is 0 Å². The van der Waals surface area contributed by atoms with E-state index >= 15 is 0 Å². The predicted octanol–water partition coefficient (Wildman–Crippen LogP) is 2.66. The van der Waals surface area contributed by atoms with Gasteiger partial charge in [-0.1, -0.05) is 18.2 Å². The molecule has 1 saturated carbocycles. The first kappa shape index (κ1) is 17.1. The van der Waals surface area contributed by atoms with Crippen molar-refractivity contribution in [2.75, 3.05) is 13.1 Å². The quantitative estimate of drug-likeness (QED) is 0.875. The van der Waals surface area contributed by atoms with E-state index in [-0.39, 0.29) is 24.2 Å². The van der Waals surface area contributed by atoms with E-state index in [1.807, 2.05) is 24.3 Å². The van der Waals surface area contributed by atoms with Crippen LogP contribution in [-0.2, 0) is 11.3 Å². The highest BCUT2D eigenvalue weighted by Gasteiger charge is 2.22. The van der Waals surface area contributed by atoms with Crippen LogP contribution < -0.4 is 15.4 Å². The van der Waals surface area contributed by atoms with Crippen molar-refractivity contribution < 1.29 is 9.53 Å². The molecule has 122 valence electrons. The summed E-state index contributed by atoms with van der Waals surface area (Å²) < 4.78 is 6.10. The van der Waals surface area contributed by atoms with Crippen molar-refractivity contribution >= 4 is 18.3 Å². The Morgan fingerprint density at radius 2 is 2.00 bits per heavy atom. The lowest BCUT2D eigenvalue weighted by Crippen LogP contribution is -2.31. The predicted molar refractivity (Wildman–Crippen MR) is 89.4 cm³/mol. The molecule has 3 rings (SSSR count). The van der Waals surface area contributed by atoms with Gasteiger partial charge >= 0.3 is 0 Å². The van der Waals surface area contributed by atoms with Gasteiger partial charge in [0.1, 0.15) is 5.75 Å². The Labute approximate surface area is 138 Å². The normalized spacial score (nSPS) is 21.4. The summed E-state index contributed by atoms with van der Waals surface area (Å²) in [6, 6.07) is 8.05. The summed E-state index contributed by atoms with van der Waals surface area (Å²) in [4.78, 5) is 12.1. The molecule has 1 amide bonds. The summed E-state index contributed by atoms with van der Waals surface area (Å²) in [5.41, 5.74) is 1.07. The van der Waals surface area contributed by atoms with Gasteiger partial charge < -0.3 is 15.4 Å². The van der Waals surface area contributed by atoms with Crippen LogP contribution in [0.15, 0.2) is 24.3 Å². The molecule has 2 fully saturated rings. The zero-order valence-corrected chi connectivity index (χ0v) is 13.7. The second-order valence-electron chi connectivity index (χ2n) is 6.04. The van der Waals surface area contributed by atoms with E-state index in [2.05, 4.69) is 10.6 Å². The first-order valence-corrected chi connectivity index (χ1v) is 8.06. The van der Waals surface area contributed by atoms with Crippen molar-refractivity contribution in [1.29, 1.82) is 0 Å². The maximum Gasteiger partial charge on any atom is 0.224 e. The van der Waals surface area contributed by atoms with Crippen molar-refractivity contribution in [1.82, 2.24) is 10.6 Å². The number of amides is 1. The summed E-state index contributed by atoms with van der Waals surface area (Å²) in [6.07, 6.45) is 6.10. The van der Waals surface area contributed by atoms with Gasteiger partial charge in [0.05, 0.1) is 12.0 Å². The number of ether oxygens (including phenoxy) is 1. The van der Waals surface area contributed by atoms with E-state index in [0.29, 0.717) is 12.6 Å². The third kappa shape index (κ3) is 4.37. The molecule has 1 aliphatic carbocycles. The van der Waals surface area contributed by atoms with Crippen LogP contribution in [0.25, 0.3) is 0 Å². The minimum Gasteiger partial charge on any atom is -0.490 e. The molecular formula is C17H25ClN2O2. The van der Waals surface area contributed by atoms with Gasteiger partial charge in [-0.05, 0) is 44.7 Å². The van der Waals surface area contributed by atoms with Crippen LogP contribution in [0, 0.1) is 5.92 Å². The molecule has 2 N–H and O–H groups in total. The van der Waals surface area contributed by atoms with Crippen molar-refractivity contribution in [3.05, 3.63) is 29.8 Å². The van der Waals surface area contributed by atoms with Crippen LogP contribution in [0.5, 0.6) is 5.75 Å². The standard InChI is InChI=1S/C17H24N2O2.ClH/c20-17(14-9-10-18-11-14)19-12-13-5-1-4-8-16(13)21-15-6-2-3-7-15;/h1,4-5,8,14-15,18H,2-3,6-7,9-12H2,(H,19,20);1H. The lowest BCUT2D eigenvalue weighted by molar-refractivity contribution is -0.124. The van der Waals surface area contributed by atoms with E-state index < -0.39 is 0 Å². The van der Waals surface area contributed by atoms with Crippen molar-refractivity contribution in [2.45, 2.75) is 44.8 Å². The molecule has 1 aliphatic heterocycles. The van der Waals surface area contributed by atoms with Crippen molar-refractivity contribution in [2.24, 2.45) is 5.92 Å². The Morgan fingerprint density at radius 3 is 2.73 bits per heavy atom. The Bertz CT molecular complexity index is 483. The lowest BCUT2D eigenvalue weighted by atomic mass is 10.1. The maximum absolute atomic E-state index is 12.1. The molecule has 1 aromatic carbocycles. The van der Waals surface area contributed by atoms with Crippen LogP contribution in [0.2, 0.25) is 0 Å². The fourth-order valence-electron chi connectivity index (χ4n) is 3.16. The van der Waals surface area contributed by atoms with Gasteiger partial charge in [-0.25, -0.2) is 0 Å². The van der Waals surface area contributed by atoms with Crippen LogP contribution >= 0.6 is 12.4 Å². The number of carbonyl (C=O) groups excluding carboxylic acids is 1. The van der Waals surface area contributed by atoms with Gasteiger partial charge in [-0.2, -0.15) is 0 Å². The molecular weight excluding hydrogens is 300 g/mol. The second kappa shape index (κ2) is 8.39. The smallest absolute Gasteiger partial charge is 0.224 e. The summed E-state index contributed by atoms with van der Waals surface area (Å²) in [5, 5.41) is 6.27. The fourth-order valence-corrected chi connectivity index (χ4v) is 3.16. The minimum atomic E-state index is 0. The summed E-state index contributed by atoms with van der Waals surface area (Å²) in [7, 11) is 0. The Hall–Kier alpha value is -1.26. The van der Waals surface area contributed by atoms with Gasteiger partial charge in [0.15, 0.2) is 0 Å². The molecule has 0 radical (unpaired) electrons. The van der Waals surface area contributed by atoms with Gasteiger partial charge in [0, 0.05) is 18.7 Å². The number of nitrogens with one attached hydrogen (secondary N) is 2. The maximum atomic E-state index is 12.1. The molecule has 1 unspecified atom stereocenters. The first-order valence-electron chi connectivity index (χ1n) is 8.06. The molecule has 1 heterocycles. The summed E-state index contributed by atoms with van der Waals surface area (Å²) >= 11 is 0. The van der Waals surface area contributed by atoms with E-state index in [9.17, 15) is 4.79 Å². The number of carbonyl (C=O) groups is 1. The molecule has 1 saturated heterocycles. The van der Waals surface area contributed by atoms with Crippen LogP contribution in [0.4, 0.5) is 0 Å². The summed E-state index contributed by atoms with van der Waals surface area (Å²) in [5.74, 6) is 1.19. The van der Waals surface area contributed by atoms with Crippen LogP contribution in [0.1, 0.15) is 37.7 Å². The summed E-state index contributed by atoms with van der Waals surface area (Å²) in [6.45, 7) is 2.30. The van der Waals surface area contributed by atoms with Gasteiger partial charge in [0.2, 0.25) is 5.91 Å². The molecule has 4 nitrogen and oxygen atoms in total. The van der Waals surface area contributed by atoms with Gasteiger partial charge in [-0.15, -0.1) is 12.4 Å². The highest BCUT2D eigenvalue weighted by Crippen LogP contribution is 2.26. The Kier molecular flexibility index (Phi) is 6.52. The molecule has 1 atom stereocenters. The molecule has 1 aromatic rings. The average molecular weight is 325 g/mol. The Morgan fingerprint density at radius 1 is 1.23 bits per heavy atom. The highest BCUT2D eigenvalue weighted by molar-refractivity contribution is 5.85. The lowest BCUT2D eigenvalue weighted by Gasteiger charge is -2.17. The van der Waals surface area contributed by atoms with Crippen molar-refractivity contribution in [3.8, 4) is 5.75 Å². The van der Waals surface area contributed by atoms with Crippen molar-refractivity contribution in [3.63, 3.8) is 0 Å². The third-order valence-corrected chi connectivity index (χ3v) is 4.45. The second-order valence-corrected chi connectivity index (χ2v) is 6.04. The van der Waals surface area contributed by atoms with E-state index in [0.717, 1.165) is 43.7 Å². The largest absolute Gasteiger partial charge is 0.490 e. The monoisotopic (exact) mass is 324 g/mol. The number of rotatable bonds is 5. The molecule has 22 heavy (non-hydrogen) atoms. The average Bonchev–Trinajstić information content (AvgIpc) is 3.19.